The Morgan fingerprint density at radius 2 is 1.71 bits per heavy atom. The van der Waals surface area contributed by atoms with Crippen molar-refractivity contribution >= 4 is 38.4 Å². The summed E-state index contributed by atoms with van der Waals surface area (Å²) in [4.78, 5) is 22.4. The van der Waals surface area contributed by atoms with Crippen molar-refractivity contribution < 1.29 is 9.18 Å². The van der Waals surface area contributed by atoms with Gasteiger partial charge in [-0.05, 0) is 48.4 Å². The van der Waals surface area contributed by atoms with Crippen molar-refractivity contribution in [3.8, 4) is 11.3 Å². The summed E-state index contributed by atoms with van der Waals surface area (Å²) in [6.45, 7) is 4.37. The molecule has 172 valence electrons. The molecular formula is C28H25BrFN3O. The molecular weight excluding hydrogens is 493 g/mol. The van der Waals surface area contributed by atoms with Crippen LogP contribution < -0.4 is 4.90 Å². The van der Waals surface area contributed by atoms with Crippen LogP contribution >= 0.6 is 15.9 Å². The van der Waals surface area contributed by atoms with E-state index in [9.17, 15) is 9.18 Å². The lowest BCUT2D eigenvalue weighted by Gasteiger charge is -2.36. The second-order valence-electron chi connectivity index (χ2n) is 8.50. The van der Waals surface area contributed by atoms with Gasteiger partial charge in [-0.15, -0.1) is 0 Å². The largest absolute Gasteiger partial charge is 0.366 e. The highest BCUT2D eigenvalue weighted by atomic mass is 79.9. The SMILES string of the molecule is CCc1ccc(-c2cc(C(=O)N3CCN(c4ccccc4F)CC3)c3cc(Br)ccc3n2)cc1. The zero-order valence-electron chi connectivity index (χ0n) is 19.0. The Morgan fingerprint density at radius 1 is 0.971 bits per heavy atom. The number of anilines is 1. The number of nitrogens with zero attached hydrogens (tertiary/aromatic N) is 3. The summed E-state index contributed by atoms with van der Waals surface area (Å²) in [6, 6.07) is 22.9. The minimum absolute atomic E-state index is 0.0230. The molecule has 1 aliphatic heterocycles. The first-order valence-corrected chi connectivity index (χ1v) is 12.3. The molecule has 0 N–H and O–H groups in total. The molecule has 0 saturated carbocycles. The van der Waals surface area contributed by atoms with Crippen LogP contribution in [0.5, 0.6) is 0 Å². The van der Waals surface area contributed by atoms with Gasteiger partial charge in [0.05, 0.1) is 22.5 Å². The van der Waals surface area contributed by atoms with Crippen LogP contribution in [0.1, 0.15) is 22.8 Å². The summed E-state index contributed by atoms with van der Waals surface area (Å²) in [5.41, 5.74) is 5.04. The molecule has 1 fully saturated rings. The third-order valence-corrected chi connectivity index (χ3v) is 6.91. The summed E-state index contributed by atoms with van der Waals surface area (Å²) in [7, 11) is 0. The number of para-hydroxylation sites is 1. The lowest BCUT2D eigenvalue weighted by atomic mass is 10.0. The van der Waals surface area contributed by atoms with Crippen molar-refractivity contribution in [2.75, 3.05) is 31.1 Å². The molecule has 6 heteroatoms. The lowest BCUT2D eigenvalue weighted by molar-refractivity contribution is 0.0748. The van der Waals surface area contributed by atoms with Crippen LogP contribution in [0.15, 0.2) is 77.3 Å². The van der Waals surface area contributed by atoms with Crippen molar-refractivity contribution in [1.82, 2.24) is 9.88 Å². The van der Waals surface area contributed by atoms with E-state index in [1.165, 1.54) is 11.6 Å². The van der Waals surface area contributed by atoms with Crippen molar-refractivity contribution in [3.63, 3.8) is 0 Å². The van der Waals surface area contributed by atoms with Crippen LogP contribution in [0.2, 0.25) is 0 Å². The highest BCUT2D eigenvalue weighted by molar-refractivity contribution is 9.10. The average Bonchev–Trinajstić information content (AvgIpc) is 2.88. The van der Waals surface area contributed by atoms with E-state index in [0.717, 1.165) is 33.1 Å². The minimum Gasteiger partial charge on any atom is -0.366 e. The van der Waals surface area contributed by atoms with Gasteiger partial charge in [-0.25, -0.2) is 9.37 Å². The summed E-state index contributed by atoms with van der Waals surface area (Å²) >= 11 is 3.54. The van der Waals surface area contributed by atoms with Crippen molar-refractivity contribution in [2.45, 2.75) is 13.3 Å². The first kappa shape index (κ1) is 22.5. The predicted octanol–water partition coefficient (Wildman–Crippen LogP) is 6.33. The Balaban J connectivity index is 1.46. The molecule has 0 aliphatic carbocycles. The third kappa shape index (κ3) is 4.42. The van der Waals surface area contributed by atoms with Crippen LogP contribution in [0.25, 0.3) is 22.2 Å². The zero-order chi connectivity index (χ0) is 23.7. The Kier molecular flexibility index (Phi) is 6.33. The van der Waals surface area contributed by atoms with E-state index in [1.807, 2.05) is 40.1 Å². The van der Waals surface area contributed by atoms with E-state index < -0.39 is 0 Å². The fourth-order valence-electron chi connectivity index (χ4n) is 4.46. The first-order valence-electron chi connectivity index (χ1n) is 11.5. The average molecular weight is 518 g/mol. The van der Waals surface area contributed by atoms with E-state index >= 15 is 0 Å². The number of halogens is 2. The highest BCUT2D eigenvalue weighted by Crippen LogP contribution is 2.29. The molecule has 3 aromatic carbocycles. The first-order chi connectivity index (χ1) is 16.5. The molecule has 4 aromatic rings. The van der Waals surface area contributed by atoms with Crippen molar-refractivity contribution in [1.29, 1.82) is 0 Å². The maximum absolute atomic E-state index is 14.2. The molecule has 34 heavy (non-hydrogen) atoms. The summed E-state index contributed by atoms with van der Waals surface area (Å²) in [5.74, 6) is -0.254. The molecule has 1 aliphatic rings. The van der Waals surface area contributed by atoms with Gasteiger partial charge in [0.25, 0.3) is 5.91 Å². The van der Waals surface area contributed by atoms with E-state index in [0.29, 0.717) is 37.4 Å². The van der Waals surface area contributed by atoms with Gasteiger partial charge in [0.2, 0.25) is 0 Å². The number of aromatic nitrogens is 1. The van der Waals surface area contributed by atoms with Gasteiger partial charge in [0.1, 0.15) is 5.82 Å². The Bertz CT molecular complexity index is 1350. The summed E-state index contributed by atoms with van der Waals surface area (Å²) in [5, 5.41) is 0.824. The molecule has 1 aromatic heterocycles. The van der Waals surface area contributed by atoms with Gasteiger partial charge < -0.3 is 9.80 Å². The molecule has 1 amide bonds. The lowest BCUT2D eigenvalue weighted by Crippen LogP contribution is -2.49. The monoisotopic (exact) mass is 517 g/mol. The van der Waals surface area contributed by atoms with Crippen LogP contribution in [0, 0.1) is 5.82 Å². The van der Waals surface area contributed by atoms with Gasteiger partial charge >= 0.3 is 0 Å². The smallest absolute Gasteiger partial charge is 0.254 e. The van der Waals surface area contributed by atoms with E-state index in [2.05, 4.69) is 47.1 Å². The number of rotatable bonds is 4. The second-order valence-corrected chi connectivity index (χ2v) is 9.41. The number of piperazine rings is 1. The fourth-order valence-corrected chi connectivity index (χ4v) is 4.82. The number of pyridine rings is 1. The fraction of sp³-hybridized carbons (Fsp3) is 0.214. The molecule has 2 heterocycles. The zero-order valence-corrected chi connectivity index (χ0v) is 20.6. The maximum Gasteiger partial charge on any atom is 0.254 e. The summed E-state index contributed by atoms with van der Waals surface area (Å²) < 4.78 is 15.1. The molecule has 0 radical (unpaired) electrons. The molecule has 0 spiro atoms. The number of benzene rings is 3. The van der Waals surface area contributed by atoms with Gasteiger partial charge in [-0.2, -0.15) is 0 Å². The van der Waals surface area contributed by atoms with Crippen molar-refractivity contribution in [2.24, 2.45) is 0 Å². The number of amides is 1. The Hall–Kier alpha value is -3.25. The molecule has 4 nitrogen and oxygen atoms in total. The molecule has 0 bridgehead atoms. The maximum atomic E-state index is 14.2. The highest BCUT2D eigenvalue weighted by Gasteiger charge is 2.25. The van der Waals surface area contributed by atoms with Crippen LogP contribution in [0.3, 0.4) is 0 Å². The van der Waals surface area contributed by atoms with Gasteiger partial charge in [-0.3, -0.25) is 4.79 Å². The second kappa shape index (κ2) is 9.55. The normalized spacial score (nSPS) is 14.0. The third-order valence-electron chi connectivity index (χ3n) is 6.42. The number of aryl methyl sites for hydroxylation is 1. The van der Waals surface area contributed by atoms with E-state index in [4.69, 9.17) is 4.98 Å². The van der Waals surface area contributed by atoms with E-state index in [-0.39, 0.29) is 11.7 Å². The number of carbonyl (C=O) groups excluding carboxylic acids is 1. The summed E-state index contributed by atoms with van der Waals surface area (Å²) in [6.07, 6.45) is 0.974. The van der Waals surface area contributed by atoms with Gasteiger partial charge in [0.15, 0.2) is 0 Å². The Morgan fingerprint density at radius 3 is 2.41 bits per heavy atom. The molecule has 0 unspecified atom stereocenters. The standard InChI is InChI=1S/C28H25BrFN3O/c1-2-19-7-9-20(10-8-19)26-18-23(22-17-21(29)11-12-25(22)31-26)28(34)33-15-13-32(14-16-33)27-6-4-3-5-24(27)30/h3-12,17-18H,2,13-16H2,1H3. The van der Waals surface area contributed by atoms with Crippen LogP contribution in [0.4, 0.5) is 10.1 Å². The van der Waals surface area contributed by atoms with Gasteiger partial charge in [0, 0.05) is 41.6 Å². The predicted molar refractivity (Wildman–Crippen MR) is 139 cm³/mol. The molecule has 1 saturated heterocycles. The number of fused-ring (bicyclic) bond motifs is 1. The topological polar surface area (TPSA) is 36.4 Å². The van der Waals surface area contributed by atoms with E-state index in [1.54, 1.807) is 12.1 Å². The molecule has 5 rings (SSSR count). The number of carbonyl (C=O) groups is 1. The van der Waals surface area contributed by atoms with Crippen molar-refractivity contribution in [3.05, 3.63) is 94.2 Å². The number of hydrogen-bond donors (Lipinski definition) is 0. The minimum atomic E-state index is -0.231. The van der Waals surface area contributed by atoms with Crippen LogP contribution in [-0.2, 0) is 6.42 Å². The number of hydrogen-bond acceptors (Lipinski definition) is 3. The molecule has 0 atom stereocenters. The van der Waals surface area contributed by atoms with Gasteiger partial charge in [-0.1, -0.05) is 59.3 Å². The van der Waals surface area contributed by atoms with Crippen LogP contribution in [-0.4, -0.2) is 42.0 Å². The quantitative estimate of drug-likeness (QED) is 0.317. The Labute approximate surface area is 207 Å².